The molecule has 1 unspecified atom stereocenters. The second-order valence-electron chi connectivity index (χ2n) is 7.52. The number of rotatable bonds is 11. The van der Waals surface area contributed by atoms with Gasteiger partial charge in [-0.1, -0.05) is 0 Å². The third-order valence-corrected chi connectivity index (χ3v) is 5.31. The molecule has 2 nitrogen and oxygen atoms in total. The second-order valence-corrected chi connectivity index (χ2v) is 7.52. The molecule has 0 saturated heterocycles. The fourth-order valence-corrected chi connectivity index (χ4v) is 2.40. The molecule has 35 heavy (non-hydrogen) atoms. The third-order valence-electron chi connectivity index (χ3n) is 5.31. The molecule has 0 rings (SSSR count). The van der Waals surface area contributed by atoms with Crippen LogP contribution in [-0.4, -0.2) is 90.0 Å². The van der Waals surface area contributed by atoms with E-state index in [9.17, 15) is 79.7 Å². The Balaban J connectivity index is 0. The maximum Gasteiger partial charge on any atom is 0.460 e. The second kappa shape index (κ2) is 9.97. The van der Waals surface area contributed by atoms with Gasteiger partial charge < -0.3 is 33.6 Å². The fraction of sp³-hybridized carbons (Fsp3) is 1.00. The summed E-state index contributed by atoms with van der Waals surface area (Å²) in [7, 11) is 0.956. The van der Waals surface area contributed by atoms with Crippen LogP contribution in [0.4, 0.5) is 74.6 Å². The van der Waals surface area contributed by atoms with Gasteiger partial charge in [0.25, 0.3) is 0 Å². The molecule has 214 valence electrons. The Hall–Kier alpha value is -0.540. The lowest BCUT2D eigenvalue weighted by atomic mass is 9.87. The number of quaternary nitrogens is 1. The zero-order valence-electron chi connectivity index (χ0n) is 17.4. The van der Waals surface area contributed by atoms with Crippen molar-refractivity contribution in [1.82, 2.24) is 0 Å². The minimum absolute atomic E-state index is 0. The normalized spacial score (nSPS) is 16.7. The molecule has 0 aliphatic rings. The smallest absolute Gasteiger partial charge is 0.460 e. The molecule has 0 spiro atoms. The topological polar surface area (TPSA) is 20.2 Å². The van der Waals surface area contributed by atoms with Crippen LogP contribution in [0.25, 0.3) is 0 Å². The number of hydrogen-bond donors (Lipinski definition) is 1. The zero-order chi connectivity index (χ0) is 28.2. The molecular weight excluding hydrogens is 660 g/mol. The van der Waals surface area contributed by atoms with Crippen LogP contribution in [0.2, 0.25) is 0 Å². The Labute approximate surface area is 203 Å². The number of aliphatic hydroxyl groups is 1. The lowest BCUT2D eigenvalue weighted by molar-refractivity contribution is -0.910. The first-order valence-corrected chi connectivity index (χ1v) is 8.73. The van der Waals surface area contributed by atoms with Crippen LogP contribution in [0.5, 0.6) is 0 Å². The SMILES string of the molecule is CC[N+](C)(CC)CC(O)C(F)(F)C(F)(F)C(F)(F)C(F)(F)C(F)(F)C(F)(F)C(F)(F)C(F)(F)F.[I-]. The van der Waals surface area contributed by atoms with Gasteiger partial charge in [-0.15, -0.1) is 0 Å². The van der Waals surface area contributed by atoms with Crippen molar-refractivity contribution in [2.45, 2.75) is 67.6 Å². The number of aliphatic hydroxyl groups excluding tert-OH is 1. The van der Waals surface area contributed by atoms with Crippen LogP contribution < -0.4 is 24.0 Å². The van der Waals surface area contributed by atoms with Gasteiger partial charge in [0.15, 0.2) is 6.10 Å². The van der Waals surface area contributed by atoms with Crippen molar-refractivity contribution < 1.29 is 108 Å². The van der Waals surface area contributed by atoms with Crippen molar-refractivity contribution >= 4 is 0 Å². The predicted octanol–water partition coefficient (Wildman–Crippen LogP) is 2.85. The lowest BCUT2D eigenvalue weighted by Gasteiger charge is -2.44. The van der Waals surface area contributed by atoms with Crippen LogP contribution in [0.15, 0.2) is 0 Å². The molecule has 1 atom stereocenters. The van der Waals surface area contributed by atoms with E-state index in [0.29, 0.717) is 0 Å². The Bertz CT molecular complexity index is 717. The van der Waals surface area contributed by atoms with Crippen LogP contribution in [0.1, 0.15) is 13.8 Å². The highest BCUT2D eigenvalue weighted by molar-refractivity contribution is 5.15. The highest BCUT2D eigenvalue weighted by Crippen LogP contribution is 2.64. The standard InChI is InChI=1S/C15H17F17NO.HI/c1-4-33(3,5-2)6-7(34)8(16,17)9(18,19)10(20,21)11(22,23)12(24,25)13(26,27)14(28,29)15(30,31)32;/h7,34H,4-6H2,1-3H3;1H/q+1;/p-1. The van der Waals surface area contributed by atoms with Crippen molar-refractivity contribution in [2.75, 3.05) is 26.7 Å². The van der Waals surface area contributed by atoms with Crippen molar-refractivity contribution in [1.29, 1.82) is 0 Å². The number of nitrogens with zero attached hydrogens (tertiary/aromatic N) is 1. The quantitative estimate of drug-likeness (QED) is 0.203. The third kappa shape index (κ3) is 5.25. The summed E-state index contributed by atoms with van der Waals surface area (Å²) in [6.45, 7) is 0.213. The first-order valence-electron chi connectivity index (χ1n) is 8.73. The maximum atomic E-state index is 13.9. The van der Waals surface area contributed by atoms with Gasteiger partial charge in [-0.25, -0.2) is 0 Å². The monoisotopic (exact) mass is 677 g/mol. The van der Waals surface area contributed by atoms with E-state index >= 15 is 0 Å². The minimum atomic E-state index is -8.68. The van der Waals surface area contributed by atoms with E-state index in [4.69, 9.17) is 0 Å². The Morgan fingerprint density at radius 1 is 0.543 bits per heavy atom. The van der Waals surface area contributed by atoms with Crippen LogP contribution in [0, 0.1) is 0 Å². The summed E-state index contributed by atoms with van der Waals surface area (Å²) >= 11 is 0. The Morgan fingerprint density at radius 3 is 1.06 bits per heavy atom. The van der Waals surface area contributed by atoms with Crippen LogP contribution in [0.3, 0.4) is 0 Å². The minimum Gasteiger partial charge on any atom is -1.00 e. The molecule has 0 radical (unpaired) electrons. The molecular formula is C15H17F17INO. The zero-order valence-corrected chi connectivity index (χ0v) is 19.6. The predicted molar refractivity (Wildman–Crippen MR) is 78.8 cm³/mol. The van der Waals surface area contributed by atoms with Gasteiger partial charge in [-0.3, -0.25) is 0 Å². The van der Waals surface area contributed by atoms with E-state index in [1.165, 1.54) is 13.8 Å². The van der Waals surface area contributed by atoms with E-state index in [1.54, 1.807) is 0 Å². The van der Waals surface area contributed by atoms with Crippen molar-refractivity contribution in [3.63, 3.8) is 0 Å². The van der Waals surface area contributed by atoms with Gasteiger partial charge in [-0.2, -0.15) is 74.6 Å². The average molecular weight is 677 g/mol. The molecule has 0 aliphatic carbocycles. The summed E-state index contributed by atoms with van der Waals surface area (Å²) in [6.07, 6.45) is -11.8. The van der Waals surface area contributed by atoms with Gasteiger partial charge in [-0.05, 0) is 13.8 Å². The van der Waals surface area contributed by atoms with E-state index < -0.39 is 64.8 Å². The number of alkyl halides is 17. The molecule has 0 aliphatic heterocycles. The molecule has 0 aromatic rings. The molecule has 0 aromatic carbocycles. The molecule has 0 aromatic heterocycles. The van der Waals surface area contributed by atoms with Crippen molar-refractivity contribution in [3.05, 3.63) is 0 Å². The van der Waals surface area contributed by atoms with Crippen molar-refractivity contribution in [2.24, 2.45) is 0 Å². The summed E-state index contributed by atoms with van der Waals surface area (Å²) in [4.78, 5) is 0. The molecule has 0 heterocycles. The van der Waals surface area contributed by atoms with E-state index in [-0.39, 0.29) is 37.1 Å². The lowest BCUT2D eigenvalue weighted by Crippen LogP contribution is -3.00. The largest absolute Gasteiger partial charge is 1.00 e. The first-order chi connectivity index (χ1) is 14.5. The van der Waals surface area contributed by atoms with Crippen molar-refractivity contribution in [3.8, 4) is 0 Å². The summed E-state index contributed by atoms with van der Waals surface area (Å²) in [6, 6.07) is 0. The number of likely N-dealkylation sites (N-methyl/N-ethyl adjacent to an activating group) is 1. The van der Waals surface area contributed by atoms with Gasteiger partial charge >= 0.3 is 47.6 Å². The fourth-order valence-electron chi connectivity index (χ4n) is 2.40. The summed E-state index contributed by atoms with van der Waals surface area (Å²) in [5.41, 5.74) is 0. The van der Waals surface area contributed by atoms with Gasteiger partial charge in [0.1, 0.15) is 6.54 Å². The molecule has 20 heteroatoms. The summed E-state index contributed by atoms with van der Waals surface area (Å²) in [5, 5.41) is 9.31. The average Bonchev–Trinajstić information content (AvgIpc) is 2.65. The summed E-state index contributed by atoms with van der Waals surface area (Å²) in [5.74, 6) is -57.1. The molecule has 0 amide bonds. The molecule has 0 bridgehead atoms. The molecule has 0 saturated carbocycles. The highest BCUT2D eigenvalue weighted by Gasteiger charge is 2.95. The van der Waals surface area contributed by atoms with Gasteiger partial charge in [0, 0.05) is 0 Å². The van der Waals surface area contributed by atoms with Gasteiger partial charge in [0.2, 0.25) is 0 Å². The number of halogens is 18. The summed E-state index contributed by atoms with van der Waals surface area (Å²) < 4.78 is 224. The molecule has 0 fully saturated rings. The van der Waals surface area contributed by atoms with E-state index in [2.05, 4.69) is 0 Å². The van der Waals surface area contributed by atoms with E-state index in [0.717, 1.165) is 7.05 Å². The van der Waals surface area contributed by atoms with E-state index in [1.807, 2.05) is 0 Å². The maximum absolute atomic E-state index is 13.9. The molecule has 1 N–H and O–H groups in total. The van der Waals surface area contributed by atoms with Crippen LogP contribution >= 0.6 is 0 Å². The Morgan fingerprint density at radius 2 is 0.800 bits per heavy atom. The number of hydrogen-bond acceptors (Lipinski definition) is 1. The first kappa shape index (κ1) is 36.6. The highest BCUT2D eigenvalue weighted by atomic mass is 127. The Kier molecular flexibility index (Phi) is 10.4. The van der Waals surface area contributed by atoms with Crippen LogP contribution in [-0.2, 0) is 0 Å². The van der Waals surface area contributed by atoms with Gasteiger partial charge in [0.05, 0.1) is 20.1 Å².